The van der Waals surface area contributed by atoms with Crippen molar-refractivity contribution in [2.45, 2.75) is 19.6 Å². The van der Waals surface area contributed by atoms with Crippen molar-refractivity contribution in [3.05, 3.63) is 22.4 Å². The minimum atomic E-state index is -0.492. The number of ether oxygens (including phenoxy) is 1. The van der Waals surface area contributed by atoms with Crippen molar-refractivity contribution in [2.24, 2.45) is 0 Å². The number of rotatable bonds is 9. The molecular formula is C14H23BrN2O3S. The molecule has 0 aliphatic heterocycles. The average Bonchev–Trinajstić information content (AvgIpc) is 2.88. The predicted molar refractivity (Wildman–Crippen MR) is 79.5 cm³/mol. The van der Waals surface area contributed by atoms with Crippen LogP contribution >= 0.6 is 11.3 Å². The lowest BCUT2D eigenvalue weighted by atomic mass is 10.2. The van der Waals surface area contributed by atoms with Gasteiger partial charge in [-0.2, -0.15) is 11.3 Å². The highest BCUT2D eigenvalue weighted by Gasteiger charge is 2.27. The highest BCUT2D eigenvalue weighted by atomic mass is 79.9. The van der Waals surface area contributed by atoms with Crippen molar-refractivity contribution in [2.75, 3.05) is 33.8 Å². The number of hydrogen-bond donors (Lipinski definition) is 1. The second-order valence-corrected chi connectivity index (χ2v) is 5.92. The van der Waals surface area contributed by atoms with Crippen LogP contribution in [0.3, 0.4) is 0 Å². The fourth-order valence-corrected chi connectivity index (χ4v) is 2.50. The third-order valence-corrected chi connectivity index (χ3v) is 3.83. The molecule has 1 rings (SSSR count). The number of halogens is 1. The number of hydrogen-bond acceptors (Lipinski definition) is 4. The first-order chi connectivity index (χ1) is 9.49. The molecule has 1 atom stereocenters. The fourth-order valence-electron chi connectivity index (χ4n) is 1.83. The van der Waals surface area contributed by atoms with E-state index in [1.807, 2.05) is 37.8 Å². The molecule has 0 fully saturated rings. The van der Waals surface area contributed by atoms with Gasteiger partial charge in [0.15, 0.2) is 0 Å². The average molecular weight is 379 g/mol. The number of carbonyl (C=O) groups excluding carboxylic acids is 2. The summed E-state index contributed by atoms with van der Waals surface area (Å²) in [6.07, 6.45) is 0.727. The smallest absolute Gasteiger partial charge is 0.250 e. The van der Waals surface area contributed by atoms with Crippen molar-refractivity contribution in [1.82, 2.24) is 5.32 Å². The van der Waals surface area contributed by atoms with Crippen LogP contribution in [-0.4, -0.2) is 56.7 Å². The van der Waals surface area contributed by atoms with Crippen LogP contribution in [0.1, 0.15) is 12.5 Å². The Labute approximate surface area is 140 Å². The Bertz CT molecular complexity index is 424. The first kappa shape index (κ1) is 20.2. The molecule has 1 unspecified atom stereocenters. The normalized spacial score (nSPS) is 12.3. The Morgan fingerprint density at radius 2 is 2.24 bits per heavy atom. The van der Waals surface area contributed by atoms with Crippen molar-refractivity contribution in [1.29, 1.82) is 0 Å². The predicted octanol–water partition coefficient (Wildman–Crippen LogP) is -1.95. The van der Waals surface area contributed by atoms with Gasteiger partial charge in [-0.25, -0.2) is 0 Å². The van der Waals surface area contributed by atoms with Crippen LogP contribution in [0.5, 0.6) is 0 Å². The summed E-state index contributed by atoms with van der Waals surface area (Å²) in [5.74, 6) is 0.00228. The molecule has 0 radical (unpaired) electrons. The number of amides is 1. The van der Waals surface area contributed by atoms with Crippen molar-refractivity contribution in [3.63, 3.8) is 0 Å². The van der Waals surface area contributed by atoms with E-state index in [2.05, 4.69) is 5.32 Å². The summed E-state index contributed by atoms with van der Waals surface area (Å²) in [6.45, 7) is 3.51. The molecule has 0 bridgehead atoms. The number of carbonyl (C=O) groups is 2. The van der Waals surface area contributed by atoms with Crippen molar-refractivity contribution < 1.29 is 35.8 Å². The minimum absolute atomic E-state index is 0. The van der Waals surface area contributed by atoms with Crippen LogP contribution in [-0.2, 0) is 20.7 Å². The second-order valence-electron chi connectivity index (χ2n) is 5.14. The molecule has 1 amide bonds. The lowest BCUT2D eigenvalue weighted by Gasteiger charge is -2.34. The summed E-state index contributed by atoms with van der Waals surface area (Å²) in [5.41, 5.74) is 1.03. The van der Waals surface area contributed by atoms with E-state index in [1.165, 1.54) is 0 Å². The van der Waals surface area contributed by atoms with E-state index in [-0.39, 0.29) is 22.9 Å². The summed E-state index contributed by atoms with van der Waals surface area (Å²) in [4.78, 5) is 22.8. The summed E-state index contributed by atoms with van der Waals surface area (Å²) < 4.78 is 5.79. The third kappa shape index (κ3) is 7.17. The quantitative estimate of drug-likeness (QED) is 0.308. The molecule has 1 N–H and O–H groups in total. The zero-order valence-corrected chi connectivity index (χ0v) is 15.1. The lowest BCUT2D eigenvalue weighted by molar-refractivity contribution is -0.925. The molecule has 0 aromatic carbocycles. The third-order valence-electron chi connectivity index (χ3n) is 3.10. The van der Waals surface area contributed by atoms with Crippen LogP contribution in [0.15, 0.2) is 16.8 Å². The zero-order valence-electron chi connectivity index (χ0n) is 12.7. The van der Waals surface area contributed by atoms with Gasteiger partial charge in [-0.15, -0.1) is 0 Å². The Morgan fingerprint density at radius 3 is 2.76 bits per heavy atom. The number of nitrogens with one attached hydrogen (secondary N) is 1. The SMILES string of the molecule is CCOC(C=O)[N+](C)(C)CCNC(=O)Cc1ccsc1.[Br-]. The molecule has 1 aromatic rings. The largest absolute Gasteiger partial charge is 1.00 e. The first-order valence-electron chi connectivity index (χ1n) is 6.67. The number of likely N-dealkylation sites (N-methyl/N-ethyl adjacent to an activating group) is 1. The standard InChI is InChI=1S/C14H22N2O3S.BrH/c1-4-19-14(10-17)16(2,3)7-6-15-13(18)9-12-5-8-20-11-12;/h5,8,10-11,14H,4,6-7,9H2,1-3H3;1H. The van der Waals surface area contributed by atoms with Gasteiger partial charge in [-0.3, -0.25) is 14.1 Å². The molecule has 21 heavy (non-hydrogen) atoms. The van der Waals surface area contributed by atoms with E-state index in [1.54, 1.807) is 11.3 Å². The van der Waals surface area contributed by atoms with Crippen LogP contribution < -0.4 is 22.3 Å². The molecule has 0 aliphatic carbocycles. The van der Waals surface area contributed by atoms with E-state index in [0.717, 1.165) is 11.8 Å². The van der Waals surface area contributed by atoms with E-state index in [4.69, 9.17) is 4.74 Å². The summed E-state index contributed by atoms with van der Waals surface area (Å²) >= 11 is 1.58. The molecule has 0 aliphatic rings. The highest BCUT2D eigenvalue weighted by molar-refractivity contribution is 7.07. The van der Waals surface area contributed by atoms with Gasteiger partial charge >= 0.3 is 0 Å². The summed E-state index contributed by atoms with van der Waals surface area (Å²) in [6, 6.07) is 1.95. The van der Waals surface area contributed by atoms with Gasteiger partial charge < -0.3 is 27.0 Å². The Hall–Kier alpha value is -0.760. The first-order valence-corrected chi connectivity index (χ1v) is 7.61. The van der Waals surface area contributed by atoms with E-state index in [9.17, 15) is 9.59 Å². The summed E-state index contributed by atoms with van der Waals surface area (Å²) in [7, 11) is 3.83. The Morgan fingerprint density at radius 1 is 1.52 bits per heavy atom. The number of quaternary nitrogens is 1. The molecular weight excluding hydrogens is 356 g/mol. The van der Waals surface area contributed by atoms with Crippen molar-refractivity contribution >= 4 is 23.5 Å². The van der Waals surface area contributed by atoms with Crippen molar-refractivity contribution in [3.8, 4) is 0 Å². The minimum Gasteiger partial charge on any atom is -1.00 e. The van der Waals surface area contributed by atoms with E-state index < -0.39 is 6.23 Å². The number of thiophene rings is 1. The number of nitrogens with zero attached hydrogens (tertiary/aromatic N) is 1. The maximum atomic E-state index is 11.7. The van der Waals surface area contributed by atoms with E-state index >= 15 is 0 Å². The molecule has 0 saturated heterocycles. The molecule has 1 aromatic heterocycles. The second kappa shape index (κ2) is 10.0. The molecule has 5 nitrogen and oxygen atoms in total. The van der Waals surface area contributed by atoms with Gasteiger partial charge in [0.1, 0.15) is 0 Å². The zero-order chi connectivity index (χ0) is 15.0. The maximum Gasteiger partial charge on any atom is 0.250 e. The van der Waals surface area contributed by atoms with Gasteiger partial charge in [0.25, 0.3) is 0 Å². The fraction of sp³-hybridized carbons (Fsp3) is 0.571. The Balaban J connectivity index is 0.00000400. The monoisotopic (exact) mass is 378 g/mol. The van der Waals surface area contributed by atoms with Gasteiger partial charge in [0, 0.05) is 0 Å². The van der Waals surface area contributed by atoms with Gasteiger partial charge in [-0.1, -0.05) is 0 Å². The van der Waals surface area contributed by atoms with Crippen LogP contribution in [0.4, 0.5) is 0 Å². The summed E-state index contributed by atoms with van der Waals surface area (Å²) in [5, 5.41) is 6.80. The van der Waals surface area contributed by atoms with Crippen LogP contribution in [0.25, 0.3) is 0 Å². The molecule has 120 valence electrons. The Kier molecular flexibility index (Phi) is 9.68. The van der Waals surface area contributed by atoms with Crippen LogP contribution in [0, 0.1) is 0 Å². The van der Waals surface area contributed by atoms with Gasteiger partial charge in [0.05, 0.1) is 40.2 Å². The number of aldehydes is 1. The van der Waals surface area contributed by atoms with Gasteiger partial charge in [0.2, 0.25) is 18.4 Å². The maximum absolute atomic E-state index is 11.7. The molecule has 7 heteroatoms. The van der Waals surface area contributed by atoms with E-state index in [0.29, 0.717) is 30.6 Å². The molecule has 0 saturated carbocycles. The molecule has 0 spiro atoms. The lowest BCUT2D eigenvalue weighted by Crippen LogP contribution is -3.00. The van der Waals surface area contributed by atoms with Crippen LogP contribution in [0.2, 0.25) is 0 Å². The topological polar surface area (TPSA) is 55.4 Å². The highest BCUT2D eigenvalue weighted by Crippen LogP contribution is 2.07. The molecule has 1 heterocycles. The van der Waals surface area contributed by atoms with Gasteiger partial charge in [-0.05, 0) is 29.3 Å².